The maximum atomic E-state index is 12.0. The molecule has 4 nitrogen and oxygen atoms in total. The third kappa shape index (κ3) is 1.46. The van der Waals surface area contributed by atoms with Crippen LogP contribution in [-0.4, -0.2) is 14.0 Å². The molecule has 4 heteroatoms. The van der Waals surface area contributed by atoms with Gasteiger partial charge in [-0.3, -0.25) is 9.20 Å². The number of nitrogens with zero attached hydrogens (tertiary/aromatic N) is 3. The summed E-state index contributed by atoms with van der Waals surface area (Å²) in [6, 6.07) is 9.90. The molecule has 1 aromatic carbocycles. The second kappa shape index (κ2) is 3.84. The topological polar surface area (TPSA) is 39.3 Å². The average Bonchev–Trinajstić information content (AvgIpc) is 2.73. The van der Waals surface area contributed by atoms with Gasteiger partial charge < -0.3 is 4.57 Å². The molecule has 90 valence electrons. The first-order chi connectivity index (χ1) is 8.68. The molecule has 0 fully saturated rings. The average molecular weight is 239 g/mol. The van der Waals surface area contributed by atoms with E-state index in [1.165, 1.54) is 4.57 Å². The monoisotopic (exact) mass is 239 g/mol. The van der Waals surface area contributed by atoms with E-state index in [0.29, 0.717) is 5.65 Å². The molecule has 0 bridgehead atoms. The summed E-state index contributed by atoms with van der Waals surface area (Å²) in [5.74, 6) is 0. The Morgan fingerprint density at radius 1 is 1.11 bits per heavy atom. The first-order valence-electron chi connectivity index (χ1n) is 5.78. The summed E-state index contributed by atoms with van der Waals surface area (Å²) < 4.78 is 3.38. The number of hydrogen-bond donors (Lipinski definition) is 0. The van der Waals surface area contributed by atoms with Gasteiger partial charge >= 0.3 is 0 Å². The van der Waals surface area contributed by atoms with E-state index in [1.807, 2.05) is 47.9 Å². The summed E-state index contributed by atoms with van der Waals surface area (Å²) in [7, 11) is 1.73. The SMILES string of the molecule is Cc1c(-c2ccccc2)nc2c(=O)n(C)ccn12. The molecule has 0 unspecified atom stereocenters. The molecule has 0 radical (unpaired) electrons. The van der Waals surface area contributed by atoms with Crippen molar-refractivity contribution in [3.8, 4) is 11.3 Å². The van der Waals surface area contributed by atoms with E-state index < -0.39 is 0 Å². The van der Waals surface area contributed by atoms with E-state index in [0.717, 1.165) is 17.0 Å². The Hall–Kier alpha value is -2.36. The Morgan fingerprint density at radius 3 is 2.56 bits per heavy atom. The van der Waals surface area contributed by atoms with Crippen LogP contribution in [0.5, 0.6) is 0 Å². The molecule has 0 saturated heterocycles. The Labute approximate surface area is 104 Å². The lowest BCUT2D eigenvalue weighted by atomic mass is 10.1. The van der Waals surface area contributed by atoms with Crippen LogP contribution in [0, 0.1) is 6.92 Å². The van der Waals surface area contributed by atoms with Crippen molar-refractivity contribution in [1.82, 2.24) is 14.0 Å². The zero-order chi connectivity index (χ0) is 12.7. The minimum absolute atomic E-state index is 0.0808. The highest BCUT2D eigenvalue weighted by Crippen LogP contribution is 2.21. The summed E-state index contributed by atoms with van der Waals surface area (Å²) in [4.78, 5) is 16.5. The number of aromatic nitrogens is 3. The first kappa shape index (κ1) is 10.8. The quantitative estimate of drug-likeness (QED) is 0.651. The fourth-order valence-electron chi connectivity index (χ4n) is 2.11. The van der Waals surface area contributed by atoms with E-state index in [-0.39, 0.29) is 5.56 Å². The summed E-state index contributed by atoms with van der Waals surface area (Å²) >= 11 is 0. The van der Waals surface area contributed by atoms with Crippen LogP contribution < -0.4 is 5.56 Å². The van der Waals surface area contributed by atoms with Crippen molar-refractivity contribution < 1.29 is 0 Å². The highest BCUT2D eigenvalue weighted by molar-refractivity contribution is 5.65. The zero-order valence-corrected chi connectivity index (χ0v) is 10.3. The van der Waals surface area contributed by atoms with E-state index in [9.17, 15) is 4.79 Å². The van der Waals surface area contributed by atoms with Crippen molar-refractivity contribution in [2.45, 2.75) is 6.92 Å². The van der Waals surface area contributed by atoms with Gasteiger partial charge in [-0.1, -0.05) is 30.3 Å². The number of hydrogen-bond acceptors (Lipinski definition) is 2. The van der Waals surface area contributed by atoms with Crippen molar-refractivity contribution >= 4 is 5.65 Å². The molecule has 0 saturated carbocycles. The summed E-state index contributed by atoms with van der Waals surface area (Å²) in [5.41, 5.74) is 3.26. The summed E-state index contributed by atoms with van der Waals surface area (Å²) in [6.07, 6.45) is 3.62. The highest BCUT2D eigenvalue weighted by atomic mass is 16.1. The van der Waals surface area contributed by atoms with Gasteiger partial charge in [-0.05, 0) is 6.92 Å². The fraction of sp³-hybridized carbons (Fsp3) is 0.143. The second-order valence-corrected chi connectivity index (χ2v) is 4.32. The molecule has 3 rings (SSSR count). The van der Waals surface area contributed by atoms with Gasteiger partial charge in [0, 0.05) is 30.7 Å². The standard InChI is InChI=1S/C14H13N3O/c1-10-12(11-6-4-3-5-7-11)15-13-14(18)16(2)8-9-17(10)13/h3-9H,1-2H3. The normalized spacial score (nSPS) is 11.0. The van der Waals surface area contributed by atoms with E-state index >= 15 is 0 Å². The number of aryl methyl sites for hydroxylation is 2. The molecule has 0 spiro atoms. The zero-order valence-electron chi connectivity index (χ0n) is 10.3. The van der Waals surface area contributed by atoms with Crippen molar-refractivity contribution in [3.63, 3.8) is 0 Å². The largest absolute Gasteiger partial charge is 0.314 e. The molecule has 0 aliphatic carbocycles. The third-order valence-electron chi connectivity index (χ3n) is 3.15. The maximum Gasteiger partial charge on any atom is 0.293 e. The van der Waals surface area contributed by atoms with Crippen LogP contribution in [0.2, 0.25) is 0 Å². The van der Waals surface area contributed by atoms with Crippen molar-refractivity contribution in [3.05, 3.63) is 58.8 Å². The molecular weight excluding hydrogens is 226 g/mol. The molecule has 0 aliphatic rings. The number of imidazole rings is 1. The van der Waals surface area contributed by atoms with Crippen LogP contribution in [-0.2, 0) is 7.05 Å². The van der Waals surface area contributed by atoms with Gasteiger partial charge in [0.2, 0.25) is 5.65 Å². The van der Waals surface area contributed by atoms with Gasteiger partial charge in [-0.2, -0.15) is 0 Å². The van der Waals surface area contributed by atoms with Crippen molar-refractivity contribution in [1.29, 1.82) is 0 Å². The van der Waals surface area contributed by atoms with Gasteiger partial charge in [0.05, 0.1) is 5.69 Å². The van der Waals surface area contributed by atoms with Crippen LogP contribution in [0.4, 0.5) is 0 Å². The van der Waals surface area contributed by atoms with Gasteiger partial charge in [0.1, 0.15) is 0 Å². The second-order valence-electron chi connectivity index (χ2n) is 4.32. The predicted octanol–water partition coefficient (Wildman–Crippen LogP) is 2.01. The molecule has 3 aromatic rings. The molecule has 0 atom stereocenters. The van der Waals surface area contributed by atoms with Gasteiger partial charge in [0.25, 0.3) is 5.56 Å². The van der Waals surface area contributed by atoms with E-state index in [2.05, 4.69) is 4.98 Å². The Balaban J connectivity index is 2.37. The minimum atomic E-state index is -0.0808. The number of benzene rings is 1. The summed E-state index contributed by atoms with van der Waals surface area (Å²) in [5, 5.41) is 0. The molecule has 0 amide bonds. The number of rotatable bonds is 1. The van der Waals surface area contributed by atoms with Crippen LogP contribution >= 0.6 is 0 Å². The predicted molar refractivity (Wildman–Crippen MR) is 70.6 cm³/mol. The van der Waals surface area contributed by atoms with Gasteiger partial charge in [-0.15, -0.1) is 0 Å². The molecule has 2 heterocycles. The van der Waals surface area contributed by atoms with E-state index in [4.69, 9.17) is 0 Å². The molecule has 18 heavy (non-hydrogen) atoms. The molecule has 0 aliphatic heterocycles. The molecule has 2 aromatic heterocycles. The highest BCUT2D eigenvalue weighted by Gasteiger charge is 2.12. The van der Waals surface area contributed by atoms with Crippen molar-refractivity contribution in [2.75, 3.05) is 0 Å². The molecule has 0 N–H and O–H groups in total. The van der Waals surface area contributed by atoms with Crippen LogP contribution in [0.3, 0.4) is 0 Å². The minimum Gasteiger partial charge on any atom is -0.314 e. The fourth-order valence-corrected chi connectivity index (χ4v) is 2.11. The van der Waals surface area contributed by atoms with Gasteiger partial charge in [0.15, 0.2) is 0 Å². The Bertz CT molecular complexity index is 769. The van der Waals surface area contributed by atoms with E-state index in [1.54, 1.807) is 13.2 Å². The van der Waals surface area contributed by atoms with Gasteiger partial charge in [-0.25, -0.2) is 4.98 Å². The lowest BCUT2D eigenvalue weighted by Gasteiger charge is -1.99. The lowest BCUT2D eigenvalue weighted by molar-refractivity contribution is 0.838. The first-order valence-corrected chi connectivity index (χ1v) is 5.78. The van der Waals surface area contributed by atoms with Crippen molar-refractivity contribution in [2.24, 2.45) is 7.05 Å². The Kier molecular flexibility index (Phi) is 2.30. The van der Waals surface area contributed by atoms with Crippen LogP contribution in [0.1, 0.15) is 5.69 Å². The Morgan fingerprint density at radius 2 is 1.83 bits per heavy atom. The third-order valence-corrected chi connectivity index (χ3v) is 3.15. The van der Waals surface area contributed by atoms with Crippen LogP contribution in [0.25, 0.3) is 16.9 Å². The molecular formula is C14H13N3O. The maximum absolute atomic E-state index is 12.0. The van der Waals surface area contributed by atoms with Crippen LogP contribution in [0.15, 0.2) is 47.5 Å². The lowest BCUT2D eigenvalue weighted by Crippen LogP contribution is -2.18. The smallest absolute Gasteiger partial charge is 0.293 e. The number of fused-ring (bicyclic) bond motifs is 1. The summed E-state index contributed by atoms with van der Waals surface area (Å²) in [6.45, 7) is 1.97.